The van der Waals surface area contributed by atoms with Crippen LogP contribution in [-0.4, -0.2) is 18.6 Å². The number of halogens is 1. The third-order valence-corrected chi connectivity index (χ3v) is 3.95. The fraction of sp³-hybridized carbons (Fsp3) is 0.667. The van der Waals surface area contributed by atoms with Gasteiger partial charge in [0.2, 0.25) is 0 Å². The summed E-state index contributed by atoms with van der Waals surface area (Å²) in [6.45, 7) is 10.9. The minimum absolute atomic E-state index is 0.660. The summed E-state index contributed by atoms with van der Waals surface area (Å²) in [4.78, 5) is 4.49. The lowest BCUT2D eigenvalue weighted by Crippen LogP contribution is -2.25. The van der Waals surface area contributed by atoms with Crippen LogP contribution in [0.3, 0.4) is 0 Å². The van der Waals surface area contributed by atoms with Gasteiger partial charge in [0.25, 0.3) is 0 Å². The lowest BCUT2D eigenvalue weighted by atomic mass is 9.85. The van der Waals surface area contributed by atoms with Crippen LogP contribution in [0.1, 0.15) is 33.3 Å². The van der Waals surface area contributed by atoms with Gasteiger partial charge in [0.1, 0.15) is 5.82 Å². The zero-order chi connectivity index (χ0) is 14.4. The Balaban J connectivity index is 2.76. The summed E-state index contributed by atoms with van der Waals surface area (Å²) in [5, 5.41) is 6.70. The Morgan fingerprint density at radius 3 is 2.37 bits per heavy atom. The van der Waals surface area contributed by atoms with E-state index < -0.39 is 0 Å². The molecule has 1 aromatic rings. The fourth-order valence-electron chi connectivity index (χ4n) is 2.42. The Kier molecular flexibility index (Phi) is 6.80. The first-order valence-corrected chi connectivity index (χ1v) is 7.77. The van der Waals surface area contributed by atoms with Crippen LogP contribution in [0.4, 0.5) is 5.82 Å². The van der Waals surface area contributed by atoms with Crippen molar-refractivity contribution in [2.45, 2.75) is 34.2 Å². The van der Waals surface area contributed by atoms with Gasteiger partial charge in [0.05, 0.1) is 0 Å². The van der Waals surface area contributed by atoms with Gasteiger partial charge < -0.3 is 10.6 Å². The van der Waals surface area contributed by atoms with Crippen LogP contribution in [-0.2, 0) is 6.54 Å². The van der Waals surface area contributed by atoms with Gasteiger partial charge in [-0.1, -0.05) is 27.7 Å². The van der Waals surface area contributed by atoms with Gasteiger partial charge in [-0.25, -0.2) is 4.98 Å². The average Bonchev–Trinajstić information content (AvgIpc) is 2.31. The Hall–Kier alpha value is -0.610. The lowest BCUT2D eigenvalue weighted by Gasteiger charge is -2.25. The van der Waals surface area contributed by atoms with Crippen LogP contribution in [0.25, 0.3) is 0 Å². The zero-order valence-electron chi connectivity index (χ0n) is 12.6. The maximum Gasteiger partial charge on any atom is 0.130 e. The maximum atomic E-state index is 4.49. The molecule has 2 N–H and O–H groups in total. The summed E-state index contributed by atoms with van der Waals surface area (Å²) < 4.78 is 1.02. The largest absolute Gasteiger partial charge is 0.370 e. The number of aromatic nitrogens is 1. The predicted octanol–water partition coefficient (Wildman–Crippen LogP) is 3.90. The van der Waals surface area contributed by atoms with E-state index in [1.165, 1.54) is 5.56 Å². The lowest BCUT2D eigenvalue weighted by molar-refractivity contribution is 0.304. The van der Waals surface area contributed by atoms with E-state index in [2.05, 4.69) is 65.3 Å². The molecule has 0 unspecified atom stereocenters. The van der Waals surface area contributed by atoms with E-state index in [0.717, 1.165) is 23.4 Å². The summed E-state index contributed by atoms with van der Waals surface area (Å²) in [5.41, 5.74) is 1.20. The number of rotatable bonds is 7. The van der Waals surface area contributed by atoms with Crippen LogP contribution < -0.4 is 10.6 Å². The highest BCUT2D eigenvalue weighted by Gasteiger charge is 2.17. The van der Waals surface area contributed by atoms with Crippen molar-refractivity contribution >= 4 is 21.7 Å². The topological polar surface area (TPSA) is 37.0 Å². The van der Waals surface area contributed by atoms with Gasteiger partial charge in [-0.3, -0.25) is 0 Å². The summed E-state index contributed by atoms with van der Waals surface area (Å²) in [6.07, 6.45) is 1.85. The third kappa shape index (κ3) is 5.11. The third-order valence-electron chi connectivity index (χ3n) is 3.52. The number of pyridine rings is 1. The first kappa shape index (κ1) is 16.4. The zero-order valence-corrected chi connectivity index (χ0v) is 14.2. The van der Waals surface area contributed by atoms with E-state index >= 15 is 0 Å². The van der Waals surface area contributed by atoms with Gasteiger partial charge in [0, 0.05) is 29.3 Å². The van der Waals surface area contributed by atoms with Crippen molar-refractivity contribution < 1.29 is 0 Å². The highest BCUT2D eigenvalue weighted by molar-refractivity contribution is 9.10. The van der Waals surface area contributed by atoms with Crippen molar-refractivity contribution in [3.63, 3.8) is 0 Å². The van der Waals surface area contributed by atoms with Crippen molar-refractivity contribution in [3.05, 3.63) is 22.3 Å². The molecule has 0 atom stereocenters. The fourth-order valence-corrected chi connectivity index (χ4v) is 2.80. The molecular formula is C15H26BrN3. The first-order chi connectivity index (χ1) is 8.95. The molecule has 0 aliphatic carbocycles. The van der Waals surface area contributed by atoms with Crippen LogP contribution >= 0.6 is 15.9 Å². The number of hydrogen-bond acceptors (Lipinski definition) is 3. The molecule has 19 heavy (non-hydrogen) atoms. The normalized spacial score (nSPS) is 11.6. The molecule has 4 heteroatoms. The SMILES string of the molecule is CNCc1cc(Br)cnc1NCC(C(C)C)C(C)C. The number of anilines is 1. The molecule has 0 bridgehead atoms. The minimum atomic E-state index is 0.660. The molecule has 1 heterocycles. The van der Waals surface area contributed by atoms with Crippen molar-refractivity contribution in [2.75, 3.05) is 18.9 Å². The van der Waals surface area contributed by atoms with Gasteiger partial charge in [-0.15, -0.1) is 0 Å². The van der Waals surface area contributed by atoms with Crippen LogP contribution in [0.2, 0.25) is 0 Å². The van der Waals surface area contributed by atoms with Crippen molar-refractivity contribution in [1.82, 2.24) is 10.3 Å². The van der Waals surface area contributed by atoms with Crippen molar-refractivity contribution in [2.24, 2.45) is 17.8 Å². The molecule has 0 spiro atoms. The van der Waals surface area contributed by atoms with Gasteiger partial charge in [0.15, 0.2) is 0 Å². The second-order valence-electron chi connectivity index (χ2n) is 5.72. The van der Waals surface area contributed by atoms with Crippen molar-refractivity contribution in [1.29, 1.82) is 0 Å². The smallest absolute Gasteiger partial charge is 0.130 e. The molecule has 0 aromatic carbocycles. The van der Waals surface area contributed by atoms with E-state index in [1.54, 1.807) is 0 Å². The van der Waals surface area contributed by atoms with Gasteiger partial charge >= 0.3 is 0 Å². The van der Waals surface area contributed by atoms with Gasteiger partial charge in [-0.2, -0.15) is 0 Å². The molecule has 0 radical (unpaired) electrons. The number of nitrogens with zero attached hydrogens (tertiary/aromatic N) is 1. The molecule has 3 nitrogen and oxygen atoms in total. The molecule has 0 aliphatic heterocycles. The van der Waals surface area contributed by atoms with Crippen LogP contribution in [0.15, 0.2) is 16.7 Å². The summed E-state index contributed by atoms with van der Waals surface area (Å²) in [7, 11) is 1.95. The minimum Gasteiger partial charge on any atom is -0.370 e. The molecule has 1 rings (SSSR count). The standard InChI is InChI=1S/C15H26BrN3/c1-10(2)14(11(3)4)9-19-15-12(7-17-5)6-13(16)8-18-15/h6,8,10-11,14,17H,7,9H2,1-5H3,(H,18,19). The maximum absolute atomic E-state index is 4.49. The average molecular weight is 328 g/mol. The Morgan fingerprint density at radius 2 is 1.84 bits per heavy atom. The van der Waals surface area contributed by atoms with Gasteiger partial charge in [-0.05, 0) is 46.8 Å². The second-order valence-corrected chi connectivity index (χ2v) is 6.64. The Bertz CT molecular complexity index is 383. The predicted molar refractivity (Wildman–Crippen MR) is 86.4 cm³/mol. The molecule has 0 fully saturated rings. The Morgan fingerprint density at radius 1 is 1.21 bits per heavy atom. The van der Waals surface area contributed by atoms with E-state index in [9.17, 15) is 0 Å². The molecule has 0 saturated carbocycles. The van der Waals surface area contributed by atoms with E-state index in [0.29, 0.717) is 17.8 Å². The molecular weight excluding hydrogens is 302 g/mol. The highest BCUT2D eigenvalue weighted by atomic mass is 79.9. The molecule has 1 aromatic heterocycles. The summed E-state index contributed by atoms with van der Waals surface area (Å²) in [5.74, 6) is 3.00. The Labute approximate surface area is 125 Å². The van der Waals surface area contributed by atoms with Crippen LogP contribution in [0.5, 0.6) is 0 Å². The molecule has 0 saturated heterocycles. The summed E-state index contributed by atoms with van der Waals surface area (Å²) >= 11 is 3.47. The summed E-state index contributed by atoms with van der Waals surface area (Å²) in [6, 6.07) is 2.12. The highest BCUT2D eigenvalue weighted by Crippen LogP contribution is 2.23. The van der Waals surface area contributed by atoms with E-state index in [1.807, 2.05) is 13.2 Å². The molecule has 108 valence electrons. The number of nitrogens with one attached hydrogen (secondary N) is 2. The molecule has 0 aliphatic rings. The second kappa shape index (κ2) is 7.85. The van der Waals surface area contributed by atoms with E-state index in [4.69, 9.17) is 0 Å². The number of hydrogen-bond donors (Lipinski definition) is 2. The van der Waals surface area contributed by atoms with Crippen LogP contribution in [0, 0.1) is 17.8 Å². The molecule has 0 amide bonds. The quantitative estimate of drug-likeness (QED) is 0.797. The van der Waals surface area contributed by atoms with E-state index in [-0.39, 0.29) is 0 Å². The first-order valence-electron chi connectivity index (χ1n) is 6.98. The monoisotopic (exact) mass is 327 g/mol. The van der Waals surface area contributed by atoms with Crippen molar-refractivity contribution in [3.8, 4) is 0 Å².